The zero-order valence-corrected chi connectivity index (χ0v) is 22.2. The van der Waals surface area contributed by atoms with E-state index in [4.69, 9.17) is 0 Å². The molecule has 198 valence electrons. The van der Waals surface area contributed by atoms with Crippen LogP contribution in [0.25, 0.3) is 0 Å². The van der Waals surface area contributed by atoms with E-state index in [1.54, 1.807) is 17.3 Å². The molecule has 1 aliphatic carbocycles. The molecular weight excluding hydrogens is 464 g/mol. The number of aliphatic hydroxyl groups is 1. The topological polar surface area (TPSA) is 94.6 Å². The van der Waals surface area contributed by atoms with Gasteiger partial charge in [-0.2, -0.15) is 0 Å². The van der Waals surface area contributed by atoms with Gasteiger partial charge in [-0.1, -0.05) is 58.2 Å². The molecule has 1 saturated carbocycles. The lowest BCUT2D eigenvalue weighted by Crippen LogP contribution is -2.50. The molecule has 7 heteroatoms. The molecule has 7 nitrogen and oxygen atoms in total. The first-order valence-electron chi connectivity index (χ1n) is 13.8. The van der Waals surface area contributed by atoms with Gasteiger partial charge >= 0.3 is 0 Å². The zero-order valence-electron chi connectivity index (χ0n) is 22.2. The third-order valence-corrected chi connectivity index (χ3v) is 8.41. The number of aliphatic hydroxyl groups excluding tert-OH is 1. The standard InChI is InChI=1S/C30H40N4O3/c1-30(2,3)20-11-13-22(14-12-20)34(29(37)23-16-25-26(35)17-24(23)33-25)27(19-8-7-15-31-18-19)28(36)32-21-9-5-4-6-10-21/h7-8,11-15,18,21,23-27,33,35H,4-6,9-10,16-17H2,1-3H3,(H,32,36). The van der Waals surface area contributed by atoms with Gasteiger partial charge in [0.15, 0.2) is 0 Å². The Morgan fingerprint density at radius 3 is 2.35 bits per heavy atom. The summed E-state index contributed by atoms with van der Waals surface area (Å²) in [5, 5.41) is 17.0. The van der Waals surface area contributed by atoms with E-state index in [1.807, 2.05) is 24.3 Å². The Morgan fingerprint density at radius 2 is 1.78 bits per heavy atom. The van der Waals surface area contributed by atoms with Crippen LogP contribution in [0.15, 0.2) is 48.8 Å². The van der Waals surface area contributed by atoms with E-state index >= 15 is 0 Å². The Labute approximate surface area is 220 Å². The number of benzene rings is 1. The van der Waals surface area contributed by atoms with E-state index in [9.17, 15) is 14.7 Å². The average molecular weight is 505 g/mol. The first-order chi connectivity index (χ1) is 17.7. The maximum atomic E-state index is 14.3. The van der Waals surface area contributed by atoms with E-state index in [2.05, 4.69) is 48.5 Å². The average Bonchev–Trinajstić information content (AvgIpc) is 3.47. The van der Waals surface area contributed by atoms with Gasteiger partial charge in [0.05, 0.1) is 12.0 Å². The number of rotatable bonds is 6. The normalized spacial score (nSPS) is 26.6. The molecule has 3 N–H and O–H groups in total. The lowest BCUT2D eigenvalue weighted by atomic mass is 9.85. The highest BCUT2D eigenvalue weighted by atomic mass is 16.3. The van der Waals surface area contributed by atoms with Gasteiger partial charge in [0.25, 0.3) is 0 Å². The van der Waals surface area contributed by atoms with Crippen molar-refractivity contribution >= 4 is 17.5 Å². The summed E-state index contributed by atoms with van der Waals surface area (Å²) in [6.45, 7) is 6.48. The second-order valence-corrected chi connectivity index (χ2v) is 12.1. The van der Waals surface area contributed by atoms with Crippen molar-refractivity contribution in [3.8, 4) is 0 Å². The molecule has 3 heterocycles. The number of carbonyl (C=O) groups excluding carboxylic acids is 2. The molecule has 1 aromatic heterocycles. The fourth-order valence-electron chi connectivity index (χ4n) is 6.28. The predicted molar refractivity (Wildman–Crippen MR) is 144 cm³/mol. The molecule has 2 saturated heterocycles. The van der Waals surface area contributed by atoms with Gasteiger partial charge in [0, 0.05) is 41.8 Å². The fourth-order valence-corrected chi connectivity index (χ4v) is 6.28. The van der Waals surface area contributed by atoms with Gasteiger partial charge in [0.2, 0.25) is 11.8 Å². The lowest BCUT2D eigenvalue weighted by molar-refractivity contribution is -0.129. The lowest BCUT2D eigenvalue weighted by Gasteiger charge is -2.36. The Hall–Kier alpha value is -2.77. The second kappa shape index (κ2) is 10.5. The monoisotopic (exact) mass is 504 g/mol. The van der Waals surface area contributed by atoms with Crippen molar-refractivity contribution in [2.24, 2.45) is 5.92 Å². The highest BCUT2D eigenvalue weighted by molar-refractivity contribution is 6.03. The first kappa shape index (κ1) is 25.9. The minimum absolute atomic E-state index is 0.0286. The number of pyridine rings is 1. The summed E-state index contributed by atoms with van der Waals surface area (Å²) in [7, 11) is 0. The SMILES string of the molecule is CC(C)(C)c1ccc(N(C(=O)C2CC3NC2CC3O)C(C(=O)NC2CCCCC2)c2cccnc2)cc1. The summed E-state index contributed by atoms with van der Waals surface area (Å²) in [6.07, 6.45) is 9.44. The summed E-state index contributed by atoms with van der Waals surface area (Å²) in [6, 6.07) is 10.9. The number of fused-ring (bicyclic) bond motifs is 2. The Morgan fingerprint density at radius 1 is 1.05 bits per heavy atom. The molecule has 2 amide bonds. The summed E-state index contributed by atoms with van der Waals surface area (Å²) in [5.41, 5.74) is 2.53. The van der Waals surface area contributed by atoms with Crippen LogP contribution in [-0.4, -0.2) is 46.1 Å². The van der Waals surface area contributed by atoms with Crippen LogP contribution in [0.2, 0.25) is 0 Å². The molecule has 5 unspecified atom stereocenters. The molecule has 5 rings (SSSR count). The summed E-state index contributed by atoms with van der Waals surface area (Å²) >= 11 is 0. The molecule has 0 spiro atoms. The number of hydrogen-bond acceptors (Lipinski definition) is 5. The van der Waals surface area contributed by atoms with E-state index < -0.39 is 12.1 Å². The molecule has 2 aromatic rings. The molecule has 0 radical (unpaired) electrons. The first-order valence-corrected chi connectivity index (χ1v) is 13.8. The summed E-state index contributed by atoms with van der Waals surface area (Å²) in [5.74, 6) is -0.537. The van der Waals surface area contributed by atoms with Crippen molar-refractivity contribution in [1.82, 2.24) is 15.6 Å². The second-order valence-electron chi connectivity index (χ2n) is 12.1. The van der Waals surface area contributed by atoms with Crippen LogP contribution in [0, 0.1) is 5.92 Å². The van der Waals surface area contributed by atoms with Gasteiger partial charge in [-0.25, -0.2) is 0 Å². The maximum absolute atomic E-state index is 14.3. The van der Waals surface area contributed by atoms with Crippen LogP contribution in [0.4, 0.5) is 5.69 Å². The number of amides is 2. The summed E-state index contributed by atoms with van der Waals surface area (Å²) in [4.78, 5) is 34.3. The summed E-state index contributed by atoms with van der Waals surface area (Å²) < 4.78 is 0. The molecule has 3 aliphatic rings. The van der Waals surface area contributed by atoms with Crippen LogP contribution < -0.4 is 15.5 Å². The minimum atomic E-state index is -0.826. The zero-order chi connectivity index (χ0) is 26.2. The van der Waals surface area contributed by atoms with Crippen LogP contribution in [0.5, 0.6) is 0 Å². The third-order valence-electron chi connectivity index (χ3n) is 8.41. The third kappa shape index (κ3) is 5.43. The number of nitrogens with one attached hydrogen (secondary N) is 2. The van der Waals surface area contributed by atoms with Gasteiger partial charge in [0.1, 0.15) is 6.04 Å². The van der Waals surface area contributed by atoms with Crippen LogP contribution in [-0.2, 0) is 15.0 Å². The smallest absolute Gasteiger partial charge is 0.248 e. The fraction of sp³-hybridized carbons (Fsp3) is 0.567. The van der Waals surface area contributed by atoms with Crippen LogP contribution in [0.1, 0.15) is 82.9 Å². The Balaban J connectivity index is 1.54. The number of nitrogens with zero attached hydrogens (tertiary/aromatic N) is 2. The van der Waals surface area contributed by atoms with E-state index in [0.29, 0.717) is 24.1 Å². The van der Waals surface area contributed by atoms with Crippen LogP contribution >= 0.6 is 0 Å². The van der Waals surface area contributed by atoms with Crippen molar-refractivity contribution in [2.75, 3.05) is 4.90 Å². The van der Waals surface area contributed by atoms with Crippen molar-refractivity contribution < 1.29 is 14.7 Å². The molecule has 2 bridgehead atoms. The molecule has 37 heavy (non-hydrogen) atoms. The van der Waals surface area contributed by atoms with Gasteiger partial charge in [-0.15, -0.1) is 0 Å². The highest BCUT2D eigenvalue weighted by Crippen LogP contribution is 2.39. The predicted octanol–water partition coefficient (Wildman–Crippen LogP) is 4.01. The van der Waals surface area contributed by atoms with Gasteiger partial charge in [-0.05, 0) is 54.9 Å². The van der Waals surface area contributed by atoms with Crippen molar-refractivity contribution in [3.05, 3.63) is 59.9 Å². The van der Waals surface area contributed by atoms with Gasteiger partial charge in [-0.3, -0.25) is 19.5 Å². The number of anilines is 1. The molecule has 3 fully saturated rings. The Kier molecular flexibility index (Phi) is 7.37. The maximum Gasteiger partial charge on any atom is 0.248 e. The van der Waals surface area contributed by atoms with E-state index in [0.717, 1.165) is 31.2 Å². The van der Waals surface area contributed by atoms with E-state index in [-0.39, 0.29) is 41.3 Å². The minimum Gasteiger partial charge on any atom is -0.391 e. The molecular formula is C30H40N4O3. The number of carbonyl (C=O) groups is 2. The van der Waals surface area contributed by atoms with Gasteiger partial charge < -0.3 is 15.7 Å². The largest absolute Gasteiger partial charge is 0.391 e. The number of hydrogen-bond donors (Lipinski definition) is 3. The highest BCUT2D eigenvalue weighted by Gasteiger charge is 2.50. The van der Waals surface area contributed by atoms with Crippen molar-refractivity contribution in [2.45, 2.75) is 101 Å². The Bertz CT molecular complexity index is 1090. The molecule has 2 aliphatic heterocycles. The van der Waals surface area contributed by atoms with Crippen molar-refractivity contribution in [3.63, 3.8) is 0 Å². The van der Waals surface area contributed by atoms with Crippen molar-refractivity contribution in [1.29, 1.82) is 0 Å². The van der Waals surface area contributed by atoms with Crippen LogP contribution in [0.3, 0.4) is 0 Å². The quantitative estimate of drug-likeness (QED) is 0.553. The number of aromatic nitrogens is 1. The van der Waals surface area contributed by atoms with E-state index in [1.165, 1.54) is 6.42 Å². The molecule has 5 atom stereocenters. The molecule has 1 aromatic carbocycles.